The fourth-order valence-corrected chi connectivity index (χ4v) is 1.26. The Bertz CT molecular complexity index is 532. The average Bonchev–Trinajstić information content (AvgIpc) is 2.34. The number of hydrogen-bond acceptors (Lipinski definition) is 4. The molecule has 0 heterocycles. The molecule has 18 heavy (non-hydrogen) atoms. The minimum absolute atomic E-state index is 0.0517. The molecule has 5 nitrogen and oxygen atoms in total. The average molecular weight is 266 g/mol. The lowest BCUT2D eigenvalue weighted by Crippen LogP contribution is -1.90. The Morgan fingerprint density at radius 2 is 1.67 bits per heavy atom. The van der Waals surface area contributed by atoms with Crippen molar-refractivity contribution in [2.45, 2.75) is 0 Å². The number of nitrogens with two attached hydrogens (primary N) is 2. The van der Waals surface area contributed by atoms with Gasteiger partial charge in [0, 0.05) is 17.8 Å². The van der Waals surface area contributed by atoms with Gasteiger partial charge in [-0.3, -0.25) is 10.1 Å². The molecular formula is C12H12ClN3O2. The van der Waals surface area contributed by atoms with Gasteiger partial charge in [0.2, 0.25) is 0 Å². The van der Waals surface area contributed by atoms with Gasteiger partial charge in [-0.05, 0) is 18.2 Å². The maximum Gasteiger partial charge on any atom is 0.271 e. The first-order valence-corrected chi connectivity index (χ1v) is 5.38. The van der Waals surface area contributed by atoms with E-state index in [-0.39, 0.29) is 10.7 Å². The van der Waals surface area contributed by atoms with Gasteiger partial charge in [-0.25, -0.2) is 0 Å². The Morgan fingerprint density at radius 3 is 2.06 bits per heavy atom. The van der Waals surface area contributed by atoms with Gasteiger partial charge in [-0.2, -0.15) is 0 Å². The van der Waals surface area contributed by atoms with E-state index in [0.717, 1.165) is 5.69 Å². The van der Waals surface area contributed by atoms with Crippen molar-refractivity contribution in [2.75, 3.05) is 11.5 Å². The van der Waals surface area contributed by atoms with Crippen LogP contribution < -0.4 is 11.5 Å². The summed E-state index contributed by atoms with van der Waals surface area (Å²) in [6, 6.07) is 13.4. The molecule has 0 aliphatic rings. The molecule has 0 bridgehead atoms. The van der Waals surface area contributed by atoms with E-state index in [1.54, 1.807) is 0 Å². The number of nitrogen functional groups attached to an aromatic ring is 2. The fourth-order valence-electron chi connectivity index (χ4n) is 1.08. The predicted molar refractivity (Wildman–Crippen MR) is 73.4 cm³/mol. The summed E-state index contributed by atoms with van der Waals surface area (Å²) in [4.78, 5) is 9.65. The molecule has 0 aromatic heterocycles. The maximum atomic E-state index is 10.2. The van der Waals surface area contributed by atoms with Crippen LogP contribution in [0, 0.1) is 10.1 Å². The predicted octanol–water partition coefficient (Wildman–Crippen LogP) is 3.10. The third-order valence-corrected chi connectivity index (χ3v) is 2.32. The quantitative estimate of drug-likeness (QED) is 0.470. The number of rotatable bonds is 1. The van der Waals surface area contributed by atoms with Crippen molar-refractivity contribution >= 4 is 28.7 Å². The minimum atomic E-state index is -0.522. The zero-order chi connectivity index (χ0) is 13.5. The molecule has 0 spiro atoms. The van der Waals surface area contributed by atoms with Gasteiger partial charge in [-0.15, -0.1) is 0 Å². The van der Waals surface area contributed by atoms with E-state index in [9.17, 15) is 10.1 Å². The number of nitrogens with zero attached hydrogens (tertiary/aromatic N) is 1. The van der Waals surface area contributed by atoms with E-state index in [1.165, 1.54) is 18.2 Å². The highest BCUT2D eigenvalue weighted by molar-refractivity contribution is 6.33. The molecule has 6 heteroatoms. The Morgan fingerprint density at radius 1 is 1.06 bits per heavy atom. The first-order chi connectivity index (χ1) is 8.50. The largest absolute Gasteiger partial charge is 0.399 e. The molecule has 4 N–H and O–H groups in total. The fraction of sp³-hybridized carbons (Fsp3) is 0. The number of hydrogen-bond donors (Lipinski definition) is 2. The number of nitro benzene ring substituents is 1. The zero-order valence-electron chi connectivity index (χ0n) is 9.42. The van der Waals surface area contributed by atoms with E-state index < -0.39 is 4.92 Å². The van der Waals surface area contributed by atoms with Crippen molar-refractivity contribution in [1.29, 1.82) is 0 Å². The summed E-state index contributed by atoms with van der Waals surface area (Å²) < 4.78 is 0. The van der Waals surface area contributed by atoms with Crippen LogP contribution >= 0.6 is 11.6 Å². The van der Waals surface area contributed by atoms with E-state index >= 15 is 0 Å². The van der Waals surface area contributed by atoms with Gasteiger partial charge in [0.05, 0.1) is 15.6 Å². The molecule has 0 saturated heterocycles. The summed E-state index contributed by atoms with van der Waals surface area (Å²) in [7, 11) is 0. The highest BCUT2D eigenvalue weighted by atomic mass is 35.5. The van der Waals surface area contributed by atoms with Crippen molar-refractivity contribution in [3.63, 3.8) is 0 Å². The van der Waals surface area contributed by atoms with E-state index in [1.807, 2.05) is 30.3 Å². The molecule has 2 aromatic carbocycles. The number of halogens is 1. The van der Waals surface area contributed by atoms with Crippen LogP contribution in [-0.4, -0.2) is 4.92 Å². The number of benzene rings is 2. The molecule has 0 atom stereocenters. The van der Waals surface area contributed by atoms with E-state index in [0.29, 0.717) is 5.69 Å². The Hall–Kier alpha value is -2.27. The second-order valence-electron chi connectivity index (χ2n) is 3.37. The van der Waals surface area contributed by atoms with Crippen LogP contribution in [0.5, 0.6) is 0 Å². The Balaban J connectivity index is 0.000000199. The van der Waals surface area contributed by atoms with Crippen molar-refractivity contribution in [2.24, 2.45) is 0 Å². The SMILES string of the molecule is Nc1ccc([N+](=O)[O-])cc1Cl.Nc1ccccc1. The molecular weight excluding hydrogens is 254 g/mol. The lowest BCUT2D eigenvalue weighted by molar-refractivity contribution is -0.384. The third kappa shape index (κ3) is 4.31. The minimum Gasteiger partial charge on any atom is -0.399 e. The van der Waals surface area contributed by atoms with Crippen LogP contribution in [0.3, 0.4) is 0 Å². The number of anilines is 2. The standard InChI is InChI=1S/C6H5ClN2O2.C6H7N/c7-5-3-4(9(10)11)1-2-6(5)8;7-6-4-2-1-3-5-6/h1-3H,8H2;1-5H,7H2. The molecule has 0 saturated carbocycles. The molecule has 2 aromatic rings. The highest BCUT2D eigenvalue weighted by Crippen LogP contribution is 2.23. The Labute approximate surface area is 109 Å². The number of para-hydroxylation sites is 1. The van der Waals surface area contributed by atoms with Gasteiger partial charge >= 0.3 is 0 Å². The lowest BCUT2D eigenvalue weighted by Gasteiger charge is -1.95. The first kappa shape index (κ1) is 13.8. The van der Waals surface area contributed by atoms with Crippen LogP contribution in [0.4, 0.5) is 17.1 Å². The normalized spacial score (nSPS) is 9.17. The summed E-state index contributed by atoms with van der Waals surface area (Å²) in [6.07, 6.45) is 0. The van der Waals surface area contributed by atoms with Crippen LogP contribution in [0.15, 0.2) is 48.5 Å². The van der Waals surface area contributed by atoms with Gasteiger partial charge in [0.15, 0.2) is 0 Å². The molecule has 94 valence electrons. The monoisotopic (exact) mass is 265 g/mol. The summed E-state index contributed by atoms with van der Waals surface area (Å²) in [5.74, 6) is 0. The van der Waals surface area contributed by atoms with Crippen molar-refractivity contribution in [1.82, 2.24) is 0 Å². The highest BCUT2D eigenvalue weighted by Gasteiger charge is 2.06. The Kier molecular flexibility index (Phi) is 4.95. The third-order valence-electron chi connectivity index (χ3n) is 1.99. The second kappa shape index (κ2) is 6.46. The maximum absolute atomic E-state index is 10.2. The summed E-state index contributed by atoms with van der Waals surface area (Å²) in [6.45, 7) is 0. The summed E-state index contributed by atoms with van der Waals surface area (Å²) in [5.41, 5.74) is 11.8. The van der Waals surface area contributed by atoms with Crippen molar-refractivity contribution < 1.29 is 4.92 Å². The zero-order valence-corrected chi connectivity index (χ0v) is 10.2. The van der Waals surface area contributed by atoms with Crippen molar-refractivity contribution in [3.8, 4) is 0 Å². The number of nitro groups is 1. The molecule has 0 unspecified atom stereocenters. The number of non-ortho nitro benzene ring substituents is 1. The van der Waals surface area contributed by atoms with Crippen LogP contribution in [0.1, 0.15) is 0 Å². The van der Waals surface area contributed by atoms with E-state index in [2.05, 4.69) is 0 Å². The molecule has 0 aliphatic heterocycles. The smallest absolute Gasteiger partial charge is 0.271 e. The molecule has 0 amide bonds. The van der Waals surface area contributed by atoms with Gasteiger partial charge in [-0.1, -0.05) is 29.8 Å². The molecule has 0 fully saturated rings. The molecule has 0 aliphatic carbocycles. The van der Waals surface area contributed by atoms with Crippen molar-refractivity contribution in [3.05, 3.63) is 63.7 Å². The second-order valence-corrected chi connectivity index (χ2v) is 3.78. The van der Waals surface area contributed by atoms with Crippen LogP contribution in [0.25, 0.3) is 0 Å². The van der Waals surface area contributed by atoms with Crippen LogP contribution in [0.2, 0.25) is 5.02 Å². The van der Waals surface area contributed by atoms with Gasteiger partial charge in [0.25, 0.3) is 5.69 Å². The van der Waals surface area contributed by atoms with Crippen LogP contribution in [-0.2, 0) is 0 Å². The lowest BCUT2D eigenvalue weighted by atomic mass is 10.3. The van der Waals surface area contributed by atoms with Gasteiger partial charge in [0.1, 0.15) is 0 Å². The first-order valence-electron chi connectivity index (χ1n) is 5.00. The van der Waals surface area contributed by atoms with Gasteiger partial charge < -0.3 is 11.5 Å². The summed E-state index contributed by atoms with van der Waals surface area (Å²) >= 11 is 5.53. The molecule has 0 radical (unpaired) electrons. The topological polar surface area (TPSA) is 95.2 Å². The van der Waals surface area contributed by atoms with E-state index in [4.69, 9.17) is 23.1 Å². The summed E-state index contributed by atoms with van der Waals surface area (Å²) in [5, 5.41) is 10.4. The molecule has 2 rings (SSSR count).